The predicted molar refractivity (Wildman–Crippen MR) is 447 cm³/mol. The maximum Gasteiger partial charge on any atom is 0.159 e. The van der Waals surface area contributed by atoms with E-state index in [0.717, 1.165) is 191 Å². The van der Waals surface area contributed by atoms with Gasteiger partial charge in [-0.25, -0.2) is 29.9 Å². The van der Waals surface area contributed by atoms with Crippen molar-refractivity contribution in [1.29, 1.82) is 0 Å². The van der Waals surface area contributed by atoms with Gasteiger partial charge in [0.15, 0.2) is 11.6 Å². The standard InChI is InChI=1S/C24H19N5.C23H21N5.C22H20N6.C22H19N5/c1-2-5-18-17(4-1)22-19-14-27-29-20(19)10-11-21(22)28-23(18)15-6-8-16(9-7-15)24-25-12-3-13-26-24;1-12-17-11-14(7-8-18(17)27-25-12)23-16-6-4-3-5-15(16)22-19(24-23)9-10-20-21(22)13(2)26-28-20;1-11-15-10-12(6-7-16(15)26-25-11)21-14-5-3-2-4-13(14)19-17(24-21)8-9-18-20(19)22(23)28-27-18;1-12-16-10-13(6-7-18(16)27-25-12)22-15-5-3-2-4-14(15)21-17-11-23-26-19(17)8-9-20(21)24-22/h3,6-14H,1-2,4-5H2,(H,27,29);7-11H,3-6H2,1-2H3,(H,25,27)(H,26,28);6-10H,2-5H2,1H3,(H,25,26)(H3,23,27,28);6-11H,2-5H2,1H3,(H,23,26)(H,25,27). The second kappa shape index (κ2) is 27.0. The van der Waals surface area contributed by atoms with Crippen molar-refractivity contribution < 1.29 is 0 Å². The minimum Gasteiger partial charge on any atom is -0.382 e. The number of nitrogens with zero attached hydrogens (tertiary/aromatic N) is 13. The van der Waals surface area contributed by atoms with E-state index in [1.54, 1.807) is 12.4 Å². The van der Waals surface area contributed by atoms with Gasteiger partial charge in [-0.1, -0.05) is 42.5 Å². The molecular formula is C91H79N21. The predicted octanol–water partition coefficient (Wildman–Crippen LogP) is 19.5. The number of anilines is 1. The molecule has 8 aromatic carbocycles. The highest BCUT2D eigenvalue weighted by Gasteiger charge is 2.28. The highest BCUT2D eigenvalue weighted by atomic mass is 15.2. The molecule has 0 saturated heterocycles. The van der Waals surface area contributed by atoms with Gasteiger partial charge in [0.05, 0.1) is 101 Å². The highest BCUT2D eigenvalue weighted by molar-refractivity contribution is 6.14. The summed E-state index contributed by atoms with van der Waals surface area (Å²) in [5.41, 5.74) is 43.4. The fraction of sp³-hybridized carbons (Fsp3) is 0.220. The minimum atomic E-state index is 0.554. The van der Waals surface area contributed by atoms with Crippen molar-refractivity contribution >= 4 is 126 Å². The number of aryl methyl sites for hydroxylation is 8. The van der Waals surface area contributed by atoms with E-state index < -0.39 is 0 Å². The zero-order chi connectivity index (χ0) is 74.8. The minimum absolute atomic E-state index is 0.554. The van der Waals surface area contributed by atoms with E-state index in [4.69, 9.17) is 25.7 Å². The van der Waals surface area contributed by atoms with Gasteiger partial charge in [-0.15, -0.1) is 0 Å². The van der Waals surface area contributed by atoms with Crippen molar-refractivity contribution in [3.8, 4) is 56.4 Å². The molecule has 21 heteroatoms. The molecule has 0 spiro atoms. The summed E-state index contributed by atoms with van der Waals surface area (Å²) >= 11 is 0. The topological polar surface area (TPSA) is 304 Å². The molecule has 0 fully saturated rings. The second-order valence-electron chi connectivity index (χ2n) is 30.7. The Kier molecular flexibility index (Phi) is 16.1. The van der Waals surface area contributed by atoms with Crippen molar-refractivity contribution in [2.45, 2.75) is 130 Å². The molecule has 0 unspecified atom stereocenters. The van der Waals surface area contributed by atoms with Crippen LogP contribution in [0.3, 0.4) is 0 Å². The Hall–Kier alpha value is -13.4. The van der Waals surface area contributed by atoms with Crippen LogP contribution in [0, 0.1) is 27.7 Å². The van der Waals surface area contributed by atoms with Crippen LogP contribution in [0.5, 0.6) is 0 Å². The summed E-state index contributed by atoms with van der Waals surface area (Å²) in [6.45, 7) is 8.30. The van der Waals surface area contributed by atoms with Gasteiger partial charge in [-0.05, 0) is 266 Å². The summed E-state index contributed by atoms with van der Waals surface area (Å²) in [5.74, 6) is 1.30. The number of H-pyrrole nitrogens is 7. The summed E-state index contributed by atoms with van der Waals surface area (Å²) in [6.07, 6.45) is 25.8. The van der Waals surface area contributed by atoms with Gasteiger partial charge >= 0.3 is 0 Å². The number of nitrogen functional groups attached to an aromatic ring is 1. The SMILES string of the molecule is Cc1[nH]nc2ccc(-c3nc4ccc5[nH]nc(N)c5c4c4c3CCCC4)cc12.Cc1[nH]nc2ccc(-c3nc4ccc5[nH]ncc5c4c4c3CCCC4)cc12.Cc1[nH]nc2ccc(-c3nc4ccc5n[nH]c(C)c5c4c4c3CCCC4)cc12.c1cnc(-c2ccc(-c3nc4ccc5[nH]ncc5c4c4c3CCCC4)cc2)nc1. The third-order valence-corrected chi connectivity index (χ3v) is 24.0. The molecule has 0 radical (unpaired) electrons. The molecule has 4 aliphatic rings. The van der Waals surface area contributed by atoms with Crippen LogP contribution in [0.4, 0.5) is 5.82 Å². The third kappa shape index (κ3) is 11.2. The van der Waals surface area contributed by atoms with Gasteiger partial charge in [0, 0.05) is 117 Å². The Morgan fingerprint density at radius 3 is 1.07 bits per heavy atom. The third-order valence-electron chi connectivity index (χ3n) is 24.0. The number of aromatic amines is 7. The summed E-state index contributed by atoms with van der Waals surface area (Å²) < 4.78 is 0. The zero-order valence-electron chi connectivity index (χ0n) is 62.7. The van der Waals surface area contributed by atoms with Gasteiger partial charge in [0.25, 0.3) is 0 Å². The molecule has 112 heavy (non-hydrogen) atoms. The quantitative estimate of drug-likeness (QED) is 0.0795. The largest absolute Gasteiger partial charge is 0.382 e. The number of rotatable bonds is 5. The van der Waals surface area contributed by atoms with E-state index in [9.17, 15) is 0 Å². The normalized spacial score (nSPS) is 14.1. The Bertz CT molecular complexity index is 6950. The first kappa shape index (κ1) is 66.7. The Morgan fingerprint density at radius 2 is 0.616 bits per heavy atom. The molecule has 0 bridgehead atoms. The van der Waals surface area contributed by atoms with Gasteiger partial charge < -0.3 is 5.73 Å². The number of nitrogens with two attached hydrogens (primary N) is 1. The number of pyridine rings is 4. The summed E-state index contributed by atoms with van der Waals surface area (Å²) in [5, 5.41) is 65.1. The van der Waals surface area contributed by atoms with Crippen LogP contribution in [0.15, 0.2) is 158 Å². The highest BCUT2D eigenvalue weighted by Crippen LogP contribution is 2.45. The van der Waals surface area contributed by atoms with Crippen LogP contribution in [-0.4, -0.2) is 101 Å². The monoisotopic (exact) mass is 1470 g/mol. The first-order valence-electron chi connectivity index (χ1n) is 39.2. The van der Waals surface area contributed by atoms with Crippen molar-refractivity contribution in [1.82, 2.24) is 101 Å². The first-order valence-corrected chi connectivity index (χ1v) is 39.2. The average molecular weight is 1470 g/mol. The molecule has 0 saturated carbocycles. The number of aromatic nitrogens is 20. The summed E-state index contributed by atoms with van der Waals surface area (Å²) in [6, 6.07) is 46.4. The second-order valence-corrected chi connectivity index (χ2v) is 30.7. The van der Waals surface area contributed by atoms with Crippen LogP contribution in [0.1, 0.15) is 119 Å². The van der Waals surface area contributed by atoms with E-state index in [1.165, 1.54) is 155 Å². The van der Waals surface area contributed by atoms with Crippen LogP contribution in [0.25, 0.3) is 176 Å². The molecule has 0 amide bonds. The van der Waals surface area contributed by atoms with Crippen molar-refractivity contribution in [2.75, 3.05) is 5.73 Å². The van der Waals surface area contributed by atoms with Gasteiger partial charge in [-0.2, -0.15) is 35.7 Å². The van der Waals surface area contributed by atoms with Gasteiger partial charge in [0.1, 0.15) is 0 Å². The lowest BCUT2D eigenvalue weighted by molar-refractivity contribution is 0.689. The lowest BCUT2D eigenvalue weighted by Gasteiger charge is -2.22. The number of fused-ring (bicyclic) bond motifs is 23. The summed E-state index contributed by atoms with van der Waals surface area (Å²) in [4.78, 5) is 29.3. The Labute approximate surface area is 641 Å². The van der Waals surface area contributed by atoms with Crippen LogP contribution in [-0.2, 0) is 51.4 Å². The van der Waals surface area contributed by atoms with E-state index in [0.29, 0.717) is 5.82 Å². The van der Waals surface area contributed by atoms with Crippen LogP contribution < -0.4 is 5.73 Å². The van der Waals surface area contributed by atoms with Crippen LogP contribution in [0.2, 0.25) is 0 Å². The summed E-state index contributed by atoms with van der Waals surface area (Å²) in [7, 11) is 0. The van der Waals surface area contributed by atoms with E-state index in [2.05, 4.69) is 230 Å². The van der Waals surface area contributed by atoms with E-state index >= 15 is 0 Å². The molecule has 0 atom stereocenters. The fourth-order valence-corrected chi connectivity index (χ4v) is 18.6. The van der Waals surface area contributed by atoms with E-state index in [-0.39, 0.29) is 0 Å². The number of benzene rings is 8. The molecular weight excluding hydrogens is 1390 g/mol. The fourth-order valence-electron chi connectivity index (χ4n) is 18.6. The molecule has 24 rings (SSSR count). The molecule has 548 valence electrons. The van der Waals surface area contributed by atoms with Crippen LogP contribution >= 0.6 is 0 Å². The average Bonchev–Trinajstić information content (AvgIpc) is 1.42. The Balaban J connectivity index is 0.0000000943. The lowest BCUT2D eigenvalue weighted by atomic mass is 9.85. The molecule has 0 aliphatic heterocycles. The molecule has 21 nitrogen and oxygen atoms in total. The first-order chi connectivity index (χ1) is 55.1. The smallest absolute Gasteiger partial charge is 0.159 e. The number of hydrogen-bond acceptors (Lipinski definition) is 14. The van der Waals surface area contributed by atoms with Crippen molar-refractivity contribution in [3.63, 3.8) is 0 Å². The lowest BCUT2D eigenvalue weighted by Crippen LogP contribution is -2.08. The molecule has 12 aromatic heterocycles. The molecule has 9 N–H and O–H groups in total. The zero-order valence-corrected chi connectivity index (χ0v) is 62.7. The maximum atomic E-state index is 6.21. The van der Waals surface area contributed by atoms with Gasteiger partial charge in [-0.3, -0.25) is 35.7 Å². The molecule has 12 heterocycles. The van der Waals surface area contributed by atoms with E-state index in [1.807, 2.05) is 24.5 Å². The van der Waals surface area contributed by atoms with Crippen molar-refractivity contribution in [2.24, 2.45) is 0 Å². The maximum absolute atomic E-state index is 6.21. The van der Waals surface area contributed by atoms with Gasteiger partial charge in [0.2, 0.25) is 0 Å². The number of nitrogens with one attached hydrogen (secondary N) is 7. The Morgan fingerprint density at radius 1 is 0.277 bits per heavy atom. The van der Waals surface area contributed by atoms with Crippen molar-refractivity contribution in [3.05, 3.63) is 226 Å². The number of hydrogen-bond donors (Lipinski definition) is 8. The molecule has 4 aliphatic carbocycles. The molecule has 20 aromatic rings.